The van der Waals surface area contributed by atoms with Gasteiger partial charge in [0.2, 0.25) is 0 Å². The lowest BCUT2D eigenvalue weighted by Crippen LogP contribution is -3.00. The zero-order valence-electron chi connectivity index (χ0n) is 13.3. The Morgan fingerprint density at radius 1 is 0.625 bits per heavy atom. The highest BCUT2D eigenvalue weighted by atomic mass is 35.5. The molecule has 1 aliphatic rings. The molecule has 3 aromatic carbocycles. The maximum atomic E-state index is 4.69. The molecule has 24 heavy (non-hydrogen) atoms. The third-order valence-corrected chi connectivity index (χ3v) is 4.39. The van der Waals surface area contributed by atoms with Gasteiger partial charge in [0.15, 0.2) is 12.0 Å². The number of quaternary nitrogens is 1. The zero-order chi connectivity index (χ0) is 15.5. The number of rotatable bonds is 4. The Bertz CT molecular complexity index is 787. The molecule has 0 unspecified atom stereocenters. The standard InChI is InChI=1S/C21H19N2.ClH/c1-3-9-18(10-4-1)15-23(16-19-11-5-2-6-12-19)17-22-20-13-7-8-14-21(20)23;/h1-14,17H,15-16H2;1H/q+1;/p-1. The molecule has 0 atom stereocenters. The van der Waals surface area contributed by atoms with Gasteiger partial charge in [-0.05, 0) is 6.07 Å². The predicted octanol–water partition coefficient (Wildman–Crippen LogP) is 2.07. The topological polar surface area (TPSA) is 12.4 Å². The molecule has 0 aliphatic carbocycles. The van der Waals surface area contributed by atoms with E-state index in [4.69, 9.17) is 4.99 Å². The van der Waals surface area contributed by atoms with Crippen molar-refractivity contribution < 1.29 is 12.4 Å². The number of aliphatic imine (C=N–C) groups is 1. The second kappa shape index (κ2) is 7.00. The van der Waals surface area contributed by atoms with Crippen LogP contribution in [0, 0.1) is 0 Å². The van der Waals surface area contributed by atoms with Gasteiger partial charge in [-0.2, -0.15) is 4.99 Å². The fraction of sp³-hybridized carbons (Fsp3) is 0.0952. The lowest BCUT2D eigenvalue weighted by atomic mass is 10.1. The SMILES string of the molecule is C1=Nc2ccccc2[N+]1(Cc1ccccc1)Cc1ccccc1.[Cl-]. The lowest BCUT2D eigenvalue weighted by Gasteiger charge is -2.31. The minimum absolute atomic E-state index is 0. The van der Waals surface area contributed by atoms with Crippen LogP contribution in [-0.2, 0) is 13.1 Å². The zero-order valence-corrected chi connectivity index (χ0v) is 14.1. The fourth-order valence-corrected chi connectivity index (χ4v) is 3.31. The van der Waals surface area contributed by atoms with E-state index in [2.05, 4.69) is 91.3 Å². The summed E-state index contributed by atoms with van der Waals surface area (Å²) in [6.07, 6.45) is 2.10. The maximum absolute atomic E-state index is 4.69. The van der Waals surface area contributed by atoms with Gasteiger partial charge >= 0.3 is 0 Å². The molecular formula is C21H19ClN2. The Kier molecular flexibility index (Phi) is 4.79. The molecule has 3 aromatic rings. The maximum Gasteiger partial charge on any atom is 0.196 e. The highest BCUT2D eigenvalue weighted by Crippen LogP contribution is 2.40. The molecular weight excluding hydrogens is 316 g/mol. The summed E-state index contributed by atoms with van der Waals surface area (Å²) in [5, 5.41) is 0. The average molecular weight is 335 g/mol. The van der Waals surface area contributed by atoms with Crippen molar-refractivity contribution in [2.45, 2.75) is 13.1 Å². The molecule has 120 valence electrons. The summed E-state index contributed by atoms with van der Waals surface area (Å²) in [5.41, 5.74) is 5.01. The van der Waals surface area contributed by atoms with Crippen molar-refractivity contribution in [3.63, 3.8) is 0 Å². The molecule has 1 heterocycles. The van der Waals surface area contributed by atoms with Gasteiger partial charge in [0.05, 0.1) is 0 Å². The van der Waals surface area contributed by atoms with Crippen LogP contribution >= 0.6 is 0 Å². The smallest absolute Gasteiger partial charge is 0.196 e. The molecule has 0 saturated carbocycles. The lowest BCUT2D eigenvalue weighted by molar-refractivity contribution is -0.00000458. The normalized spacial score (nSPS) is 14.0. The highest BCUT2D eigenvalue weighted by molar-refractivity contribution is 5.88. The van der Waals surface area contributed by atoms with E-state index in [1.165, 1.54) is 16.8 Å². The second-order valence-electron chi connectivity index (χ2n) is 6.05. The number of halogens is 1. The Labute approximate surface area is 149 Å². The molecule has 0 spiro atoms. The van der Waals surface area contributed by atoms with Gasteiger partial charge in [0.1, 0.15) is 18.8 Å². The predicted molar refractivity (Wildman–Crippen MR) is 96.7 cm³/mol. The summed E-state index contributed by atoms with van der Waals surface area (Å²) in [5.74, 6) is 0. The van der Waals surface area contributed by atoms with E-state index in [1.54, 1.807) is 0 Å². The number of para-hydroxylation sites is 2. The molecule has 0 fully saturated rings. The molecule has 0 aromatic heterocycles. The molecule has 2 nitrogen and oxygen atoms in total. The van der Waals surface area contributed by atoms with Crippen LogP contribution < -0.4 is 16.9 Å². The van der Waals surface area contributed by atoms with Crippen molar-refractivity contribution >= 4 is 17.7 Å². The molecule has 0 saturated heterocycles. The second-order valence-corrected chi connectivity index (χ2v) is 6.05. The van der Waals surface area contributed by atoms with Crippen LogP contribution in [0.1, 0.15) is 11.1 Å². The number of nitrogens with zero attached hydrogens (tertiary/aromatic N) is 2. The van der Waals surface area contributed by atoms with Crippen molar-refractivity contribution in [3.05, 3.63) is 96.1 Å². The van der Waals surface area contributed by atoms with Crippen LogP contribution in [0.2, 0.25) is 0 Å². The Morgan fingerprint density at radius 3 is 1.71 bits per heavy atom. The number of hydrogen-bond donors (Lipinski definition) is 0. The minimum atomic E-state index is 0. The summed E-state index contributed by atoms with van der Waals surface area (Å²) in [7, 11) is 0. The summed E-state index contributed by atoms with van der Waals surface area (Å²) in [6.45, 7) is 1.83. The van der Waals surface area contributed by atoms with E-state index in [9.17, 15) is 0 Å². The van der Waals surface area contributed by atoms with Crippen molar-refractivity contribution in [1.82, 2.24) is 4.48 Å². The third kappa shape index (κ3) is 3.12. The van der Waals surface area contributed by atoms with Crippen LogP contribution in [0.25, 0.3) is 0 Å². The first-order valence-corrected chi connectivity index (χ1v) is 7.95. The molecule has 0 N–H and O–H groups in total. The van der Waals surface area contributed by atoms with E-state index >= 15 is 0 Å². The fourth-order valence-electron chi connectivity index (χ4n) is 3.31. The molecule has 4 rings (SSSR count). The van der Waals surface area contributed by atoms with E-state index in [1.807, 2.05) is 0 Å². The van der Waals surface area contributed by atoms with Gasteiger partial charge in [0.25, 0.3) is 0 Å². The monoisotopic (exact) mass is 334 g/mol. The van der Waals surface area contributed by atoms with Crippen LogP contribution in [-0.4, -0.2) is 6.34 Å². The van der Waals surface area contributed by atoms with Gasteiger partial charge < -0.3 is 12.4 Å². The largest absolute Gasteiger partial charge is 1.00 e. The molecule has 1 aliphatic heterocycles. The first-order chi connectivity index (χ1) is 11.4. The van der Waals surface area contributed by atoms with Crippen LogP contribution in [0.15, 0.2) is 89.9 Å². The van der Waals surface area contributed by atoms with Crippen molar-refractivity contribution in [1.29, 1.82) is 0 Å². The third-order valence-electron chi connectivity index (χ3n) is 4.39. The van der Waals surface area contributed by atoms with Gasteiger partial charge in [-0.1, -0.05) is 72.8 Å². The van der Waals surface area contributed by atoms with E-state index in [0.29, 0.717) is 0 Å². The van der Waals surface area contributed by atoms with Crippen LogP contribution in [0.4, 0.5) is 11.4 Å². The van der Waals surface area contributed by atoms with Crippen molar-refractivity contribution in [3.8, 4) is 0 Å². The summed E-state index contributed by atoms with van der Waals surface area (Å²) < 4.78 is 0.740. The Morgan fingerprint density at radius 2 is 1.12 bits per heavy atom. The highest BCUT2D eigenvalue weighted by Gasteiger charge is 2.36. The number of hydrogen-bond acceptors (Lipinski definition) is 1. The van der Waals surface area contributed by atoms with Gasteiger partial charge in [0, 0.05) is 17.2 Å². The van der Waals surface area contributed by atoms with Crippen LogP contribution in [0.5, 0.6) is 0 Å². The minimum Gasteiger partial charge on any atom is -1.00 e. The van der Waals surface area contributed by atoms with Crippen molar-refractivity contribution in [2.75, 3.05) is 0 Å². The van der Waals surface area contributed by atoms with Gasteiger partial charge in [-0.25, -0.2) is 4.48 Å². The van der Waals surface area contributed by atoms with E-state index in [0.717, 1.165) is 23.3 Å². The van der Waals surface area contributed by atoms with E-state index in [-0.39, 0.29) is 12.4 Å². The summed E-state index contributed by atoms with van der Waals surface area (Å²) in [4.78, 5) is 4.69. The Balaban J connectivity index is 0.00000169. The Hall–Kier alpha value is -2.42. The molecule has 0 amide bonds. The molecule has 0 radical (unpaired) electrons. The first kappa shape index (κ1) is 16.4. The molecule has 3 heteroatoms. The molecule has 0 bridgehead atoms. The van der Waals surface area contributed by atoms with Crippen molar-refractivity contribution in [2.24, 2.45) is 4.99 Å². The first-order valence-electron chi connectivity index (χ1n) is 7.95. The average Bonchev–Trinajstić information content (AvgIpc) is 2.96. The summed E-state index contributed by atoms with van der Waals surface area (Å²) >= 11 is 0. The quantitative estimate of drug-likeness (QED) is 0.648. The van der Waals surface area contributed by atoms with E-state index < -0.39 is 0 Å². The number of benzene rings is 3. The van der Waals surface area contributed by atoms with Gasteiger partial charge in [-0.3, -0.25) is 0 Å². The van der Waals surface area contributed by atoms with Crippen LogP contribution in [0.3, 0.4) is 0 Å². The number of fused-ring (bicyclic) bond motifs is 1. The van der Waals surface area contributed by atoms with Gasteiger partial charge in [-0.15, -0.1) is 0 Å². The summed E-state index contributed by atoms with van der Waals surface area (Å²) in [6, 6.07) is 29.8.